The summed E-state index contributed by atoms with van der Waals surface area (Å²) in [6.45, 7) is 4.17. The number of hydrogen-bond donors (Lipinski definition) is 0. The quantitative estimate of drug-likeness (QED) is 0.696. The van der Waals surface area contributed by atoms with Crippen LogP contribution in [0, 0.1) is 19.8 Å². The highest BCUT2D eigenvalue weighted by Crippen LogP contribution is 2.54. The van der Waals surface area contributed by atoms with Gasteiger partial charge in [-0.25, -0.2) is 4.39 Å². The van der Waals surface area contributed by atoms with Crippen LogP contribution < -0.4 is 4.74 Å². The number of hydrogen-bond acceptors (Lipinski definition) is 1. The summed E-state index contributed by atoms with van der Waals surface area (Å²) in [5.41, 5.74) is 4.83. The molecule has 1 fully saturated rings. The number of rotatable bonds is 1. The number of halogens is 1. The second-order valence-corrected chi connectivity index (χ2v) is 6.83. The Morgan fingerprint density at radius 1 is 0.955 bits per heavy atom. The van der Waals surface area contributed by atoms with Gasteiger partial charge in [-0.2, -0.15) is 0 Å². The van der Waals surface area contributed by atoms with Gasteiger partial charge in [0, 0.05) is 5.92 Å². The van der Waals surface area contributed by atoms with Crippen LogP contribution in [0.4, 0.5) is 4.39 Å². The highest BCUT2D eigenvalue weighted by Gasteiger charge is 2.45. The molecule has 1 aliphatic heterocycles. The molecule has 0 aromatic heterocycles. The molecule has 2 aromatic carbocycles. The third kappa shape index (κ3) is 2.22. The van der Waals surface area contributed by atoms with Gasteiger partial charge in [0.05, 0.1) is 0 Å². The Bertz CT molecular complexity index is 691. The largest absolute Gasteiger partial charge is 0.485 e. The van der Waals surface area contributed by atoms with Gasteiger partial charge in [0.15, 0.2) is 0 Å². The normalized spacial score (nSPS) is 29.6. The van der Waals surface area contributed by atoms with Crippen LogP contribution in [0.2, 0.25) is 0 Å². The minimum atomic E-state index is -0.710. The van der Waals surface area contributed by atoms with E-state index in [0.717, 1.165) is 5.75 Å². The van der Waals surface area contributed by atoms with Crippen molar-refractivity contribution in [1.82, 2.24) is 0 Å². The lowest BCUT2D eigenvalue weighted by Crippen LogP contribution is -2.26. The molecule has 1 nitrogen and oxygen atoms in total. The van der Waals surface area contributed by atoms with Crippen LogP contribution in [0.25, 0.3) is 0 Å². The van der Waals surface area contributed by atoms with Crippen LogP contribution in [-0.2, 0) is 0 Å². The van der Waals surface area contributed by atoms with E-state index in [-0.39, 0.29) is 17.9 Å². The first-order chi connectivity index (χ1) is 10.6. The predicted octanol–water partition coefficient (Wildman–Crippen LogP) is 5.27. The zero-order chi connectivity index (χ0) is 15.3. The summed E-state index contributed by atoms with van der Waals surface area (Å²) in [5.74, 6) is 1.46. The first-order valence-corrected chi connectivity index (χ1v) is 8.09. The predicted molar refractivity (Wildman–Crippen MR) is 86.1 cm³/mol. The van der Waals surface area contributed by atoms with E-state index in [4.69, 9.17) is 4.74 Å². The molecule has 0 unspecified atom stereocenters. The summed E-state index contributed by atoms with van der Waals surface area (Å²) in [4.78, 5) is 0. The van der Waals surface area contributed by atoms with Crippen LogP contribution in [-0.4, -0.2) is 6.17 Å². The summed E-state index contributed by atoms with van der Waals surface area (Å²) in [6, 6.07) is 14.8. The smallest absolute Gasteiger partial charge is 0.127 e. The molecule has 0 saturated heterocycles. The van der Waals surface area contributed by atoms with Gasteiger partial charge < -0.3 is 4.74 Å². The Hall–Kier alpha value is -1.83. The number of ether oxygens (including phenoxy) is 1. The summed E-state index contributed by atoms with van der Waals surface area (Å²) in [7, 11) is 0. The van der Waals surface area contributed by atoms with E-state index in [1.807, 2.05) is 6.07 Å². The molecule has 0 bridgehead atoms. The van der Waals surface area contributed by atoms with Crippen LogP contribution in [0.3, 0.4) is 0 Å². The first-order valence-electron chi connectivity index (χ1n) is 8.09. The SMILES string of the molecule is Cc1ccc([C@H]2Oc3ccc(C)cc3[C@H]3C[C@@H](F)C[C@H]32)cc1. The molecule has 0 amide bonds. The van der Waals surface area contributed by atoms with Crippen molar-refractivity contribution in [3.8, 4) is 5.75 Å². The second-order valence-electron chi connectivity index (χ2n) is 6.83. The van der Waals surface area contributed by atoms with Crippen molar-refractivity contribution < 1.29 is 9.13 Å². The Balaban J connectivity index is 1.78. The van der Waals surface area contributed by atoms with Crippen molar-refractivity contribution in [2.75, 3.05) is 0 Å². The molecule has 0 spiro atoms. The molecule has 22 heavy (non-hydrogen) atoms. The minimum absolute atomic E-state index is 0.0263. The van der Waals surface area contributed by atoms with Crippen molar-refractivity contribution in [1.29, 1.82) is 0 Å². The minimum Gasteiger partial charge on any atom is -0.485 e. The zero-order valence-corrected chi connectivity index (χ0v) is 13.1. The number of benzene rings is 2. The summed E-state index contributed by atoms with van der Waals surface area (Å²) in [5, 5.41) is 0. The van der Waals surface area contributed by atoms with E-state index in [1.165, 1.54) is 22.3 Å². The fourth-order valence-corrected chi connectivity index (χ4v) is 4.06. The Labute approximate surface area is 131 Å². The Kier molecular flexibility index (Phi) is 3.21. The molecule has 1 saturated carbocycles. The van der Waals surface area contributed by atoms with Crippen molar-refractivity contribution >= 4 is 0 Å². The lowest BCUT2D eigenvalue weighted by molar-refractivity contribution is 0.102. The van der Waals surface area contributed by atoms with Crippen molar-refractivity contribution in [2.45, 2.75) is 44.9 Å². The summed E-state index contributed by atoms with van der Waals surface area (Å²) < 4.78 is 20.4. The number of aryl methyl sites for hydroxylation is 2. The number of fused-ring (bicyclic) bond motifs is 3. The molecular formula is C20H21FO. The standard InChI is InChI=1S/C20H21FO/c1-12-3-6-14(7-4-12)20-18-11-15(21)10-16(18)17-9-13(2)5-8-19(17)22-20/h3-9,15-16,18,20H,10-11H2,1-2H3/t15-,16-,18-,20-/m1/s1. The van der Waals surface area contributed by atoms with E-state index < -0.39 is 6.17 Å². The van der Waals surface area contributed by atoms with Gasteiger partial charge in [-0.15, -0.1) is 0 Å². The van der Waals surface area contributed by atoms with E-state index >= 15 is 0 Å². The first kappa shape index (κ1) is 13.8. The van der Waals surface area contributed by atoms with Crippen molar-refractivity contribution in [3.05, 3.63) is 64.7 Å². The van der Waals surface area contributed by atoms with E-state index in [0.29, 0.717) is 12.8 Å². The molecule has 1 aliphatic carbocycles. The maximum absolute atomic E-state index is 14.1. The van der Waals surface area contributed by atoms with Gasteiger partial charge in [0.25, 0.3) is 0 Å². The average molecular weight is 296 g/mol. The maximum Gasteiger partial charge on any atom is 0.127 e. The highest BCUT2D eigenvalue weighted by atomic mass is 19.1. The monoisotopic (exact) mass is 296 g/mol. The topological polar surface area (TPSA) is 9.23 Å². The molecule has 4 atom stereocenters. The van der Waals surface area contributed by atoms with Gasteiger partial charge in [0.1, 0.15) is 18.0 Å². The fourth-order valence-electron chi connectivity index (χ4n) is 4.06. The Morgan fingerprint density at radius 3 is 2.45 bits per heavy atom. The third-order valence-electron chi connectivity index (χ3n) is 5.17. The van der Waals surface area contributed by atoms with Gasteiger partial charge >= 0.3 is 0 Å². The molecule has 1 heterocycles. The molecule has 114 valence electrons. The molecule has 0 N–H and O–H groups in total. The van der Waals surface area contributed by atoms with Gasteiger partial charge in [-0.1, -0.05) is 47.5 Å². The van der Waals surface area contributed by atoms with Crippen LogP contribution in [0.1, 0.15) is 47.1 Å². The van der Waals surface area contributed by atoms with Crippen molar-refractivity contribution in [2.24, 2.45) is 5.92 Å². The average Bonchev–Trinajstić information content (AvgIpc) is 2.89. The molecule has 2 aromatic rings. The van der Waals surface area contributed by atoms with Crippen LogP contribution >= 0.6 is 0 Å². The van der Waals surface area contributed by atoms with E-state index in [1.54, 1.807) is 0 Å². The van der Waals surface area contributed by atoms with Crippen LogP contribution in [0.15, 0.2) is 42.5 Å². The molecule has 2 heteroatoms. The molecule has 4 rings (SSSR count). The lowest BCUT2D eigenvalue weighted by atomic mass is 9.79. The van der Waals surface area contributed by atoms with E-state index in [2.05, 4.69) is 50.2 Å². The van der Waals surface area contributed by atoms with Gasteiger partial charge in [-0.05, 0) is 49.8 Å². The maximum atomic E-state index is 14.1. The van der Waals surface area contributed by atoms with Gasteiger partial charge in [-0.3, -0.25) is 0 Å². The zero-order valence-electron chi connectivity index (χ0n) is 13.1. The molecule has 0 radical (unpaired) electrons. The van der Waals surface area contributed by atoms with Crippen molar-refractivity contribution in [3.63, 3.8) is 0 Å². The second kappa shape index (κ2) is 5.12. The Morgan fingerprint density at radius 2 is 1.68 bits per heavy atom. The van der Waals surface area contributed by atoms with Crippen LogP contribution in [0.5, 0.6) is 5.75 Å². The lowest BCUT2D eigenvalue weighted by Gasteiger charge is -2.36. The molecule has 2 aliphatic rings. The summed E-state index contributed by atoms with van der Waals surface area (Å²) >= 11 is 0. The van der Waals surface area contributed by atoms with Gasteiger partial charge in [0.2, 0.25) is 0 Å². The van der Waals surface area contributed by atoms with E-state index in [9.17, 15) is 4.39 Å². The number of alkyl halides is 1. The molecular weight excluding hydrogens is 275 g/mol. The third-order valence-corrected chi connectivity index (χ3v) is 5.17. The highest BCUT2D eigenvalue weighted by molar-refractivity contribution is 5.44. The fraction of sp³-hybridized carbons (Fsp3) is 0.400. The summed E-state index contributed by atoms with van der Waals surface area (Å²) in [6.07, 6.45) is 0.503.